The van der Waals surface area contributed by atoms with Crippen molar-refractivity contribution in [3.05, 3.63) is 29.3 Å². The van der Waals surface area contributed by atoms with Crippen molar-refractivity contribution in [1.29, 1.82) is 0 Å². The van der Waals surface area contributed by atoms with Crippen LogP contribution in [0.1, 0.15) is 43.7 Å². The molecule has 0 saturated heterocycles. The second-order valence-corrected chi connectivity index (χ2v) is 8.09. The van der Waals surface area contributed by atoms with E-state index in [0.29, 0.717) is 18.6 Å². The molecule has 0 fully saturated rings. The highest BCUT2D eigenvalue weighted by Crippen LogP contribution is 2.22. The zero-order valence-corrected chi connectivity index (χ0v) is 14.5. The lowest BCUT2D eigenvalue weighted by molar-refractivity contribution is -0.767. The number of aryl methyl sites for hydroxylation is 2. The van der Waals surface area contributed by atoms with Gasteiger partial charge in [0, 0.05) is 6.42 Å². The number of benzene rings is 1. The minimum absolute atomic E-state index is 0.255. The van der Waals surface area contributed by atoms with Gasteiger partial charge in [-0.3, -0.25) is 0 Å². The largest absolute Gasteiger partial charge is 0.702 e. The van der Waals surface area contributed by atoms with E-state index in [0.717, 1.165) is 36.8 Å². The molecule has 0 heterocycles. The third-order valence-electron chi connectivity index (χ3n) is 3.97. The second kappa shape index (κ2) is 7.94. The van der Waals surface area contributed by atoms with Crippen molar-refractivity contribution >= 4 is 10.3 Å². The van der Waals surface area contributed by atoms with Crippen LogP contribution in [0.5, 0.6) is 5.75 Å². The molecule has 0 unspecified atom stereocenters. The Kier molecular flexibility index (Phi) is 6.84. The van der Waals surface area contributed by atoms with Gasteiger partial charge in [0.2, 0.25) is 0 Å². The molecule has 0 bridgehead atoms. The van der Waals surface area contributed by atoms with Crippen molar-refractivity contribution in [1.82, 2.24) is 0 Å². The summed E-state index contributed by atoms with van der Waals surface area (Å²) in [6.45, 7) is 2.40. The Morgan fingerprint density at radius 1 is 1.14 bits per heavy atom. The molecule has 0 aliphatic heterocycles. The van der Waals surface area contributed by atoms with Gasteiger partial charge in [0.05, 0.1) is 20.6 Å². The maximum absolute atomic E-state index is 11.1. The van der Waals surface area contributed by atoms with Gasteiger partial charge in [0.15, 0.2) is 0 Å². The summed E-state index contributed by atoms with van der Waals surface area (Å²) in [6.07, 6.45) is 5.45. The molecular weight excluding hydrogens is 302 g/mol. The minimum atomic E-state index is -4.35. The zero-order valence-electron chi connectivity index (χ0n) is 13.7. The van der Waals surface area contributed by atoms with Gasteiger partial charge in [0.1, 0.15) is 5.75 Å². The molecule has 0 aromatic heterocycles. The van der Waals surface area contributed by atoms with Crippen molar-refractivity contribution in [2.45, 2.75) is 45.4 Å². The van der Waals surface area contributed by atoms with Crippen molar-refractivity contribution in [2.75, 3.05) is 20.6 Å². The monoisotopic (exact) mass is 329 g/mol. The number of rotatable bonds is 9. The molecule has 1 aromatic carbocycles. The first-order chi connectivity index (χ1) is 10.2. The van der Waals surface area contributed by atoms with Crippen LogP contribution in [0.4, 0.5) is 0 Å². The van der Waals surface area contributed by atoms with E-state index < -0.39 is 14.2 Å². The van der Waals surface area contributed by atoms with E-state index in [2.05, 4.69) is 6.92 Å². The van der Waals surface area contributed by atoms with Crippen LogP contribution in [0.25, 0.3) is 0 Å². The van der Waals surface area contributed by atoms with E-state index in [1.807, 2.05) is 12.1 Å². The Morgan fingerprint density at radius 2 is 1.82 bits per heavy atom. The van der Waals surface area contributed by atoms with Crippen LogP contribution in [0.2, 0.25) is 0 Å². The molecule has 5 nitrogen and oxygen atoms in total. The van der Waals surface area contributed by atoms with Gasteiger partial charge in [0.25, 0.3) is 10.3 Å². The van der Waals surface area contributed by atoms with Crippen LogP contribution in [-0.2, 0) is 23.1 Å². The molecule has 0 aliphatic carbocycles. The number of phenolic OH excluding ortho intramolecular Hbond substituents is 1. The number of quaternary nitrogens is 1. The van der Waals surface area contributed by atoms with Crippen LogP contribution < -0.4 is 0 Å². The molecular formula is C16H27NO4S. The van der Waals surface area contributed by atoms with E-state index in [4.69, 9.17) is 0 Å². The first-order valence-corrected chi connectivity index (χ1v) is 9.13. The van der Waals surface area contributed by atoms with E-state index in [1.165, 1.54) is 14.1 Å². The summed E-state index contributed by atoms with van der Waals surface area (Å²) in [5, 5.41) is 10.0. The van der Waals surface area contributed by atoms with Crippen molar-refractivity contribution in [3.8, 4) is 5.75 Å². The molecule has 1 rings (SSSR count). The van der Waals surface area contributed by atoms with Gasteiger partial charge >= 0.3 is 0 Å². The molecule has 0 amide bonds. The number of phenols is 1. The Labute approximate surface area is 134 Å². The summed E-state index contributed by atoms with van der Waals surface area (Å²) in [5.74, 6) is 0.304. The average molecular weight is 329 g/mol. The van der Waals surface area contributed by atoms with E-state index in [1.54, 1.807) is 6.07 Å². The molecule has 22 heavy (non-hydrogen) atoms. The molecule has 126 valence electrons. The predicted octanol–water partition coefficient (Wildman–Crippen LogP) is 2.59. The third kappa shape index (κ3) is 5.59. The molecule has 1 aromatic rings. The number of aromatic hydroxyl groups is 1. The maximum Gasteiger partial charge on any atom is 0.254 e. The van der Waals surface area contributed by atoms with Crippen LogP contribution in [-0.4, -0.2) is 42.6 Å². The van der Waals surface area contributed by atoms with Crippen molar-refractivity contribution < 1.29 is 22.0 Å². The lowest BCUT2D eigenvalue weighted by Crippen LogP contribution is -2.45. The smallest absolute Gasteiger partial charge is 0.254 e. The SMILES string of the molecule is CCCCCc1ccc(CCC[N+](C)(C)S(=O)(=O)[O-])cc1O. The molecule has 0 aliphatic rings. The van der Waals surface area contributed by atoms with Crippen LogP contribution in [0.15, 0.2) is 18.2 Å². The van der Waals surface area contributed by atoms with E-state index in [-0.39, 0.29) is 6.54 Å². The maximum atomic E-state index is 11.1. The first kappa shape index (κ1) is 18.9. The highest BCUT2D eigenvalue weighted by molar-refractivity contribution is 7.79. The molecule has 0 saturated carbocycles. The fraction of sp³-hybridized carbons (Fsp3) is 0.625. The summed E-state index contributed by atoms with van der Waals surface area (Å²) in [6, 6.07) is 5.64. The zero-order chi connectivity index (χ0) is 16.8. The van der Waals surface area contributed by atoms with Gasteiger partial charge < -0.3 is 9.66 Å². The molecule has 6 heteroatoms. The highest BCUT2D eigenvalue weighted by Gasteiger charge is 2.22. The Hall–Kier alpha value is -1.11. The molecule has 0 atom stereocenters. The fourth-order valence-corrected chi connectivity index (χ4v) is 2.67. The van der Waals surface area contributed by atoms with Gasteiger partial charge in [-0.2, -0.15) is 8.42 Å². The number of hydrogen-bond donors (Lipinski definition) is 1. The van der Waals surface area contributed by atoms with Crippen LogP contribution in [0, 0.1) is 0 Å². The van der Waals surface area contributed by atoms with Crippen molar-refractivity contribution in [2.24, 2.45) is 0 Å². The molecule has 0 radical (unpaired) electrons. The van der Waals surface area contributed by atoms with Crippen LogP contribution in [0.3, 0.4) is 0 Å². The fourth-order valence-electron chi connectivity index (χ4n) is 2.32. The van der Waals surface area contributed by atoms with E-state index >= 15 is 0 Å². The van der Waals surface area contributed by atoms with Crippen LogP contribution >= 0.6 is 0 Å². The summed E-state index contributed by atoms with van der Waals surface area (Å²) in [4.78, 5) is 0. The Balaban J connectivity index is 2.56. The minimum Gasteiger partial charge on any atom is -0.702 e. The summed E-state index contributed by atoms with van der Waals surface area (Å²) in [7, 11) is -1.55. The number of nitrogens with zero attached hydrogens (tertiary/aromatic N) is 1. The topological polar surface area (TPSA) is 77.4 Å². The van der Waals surface area contributed by atoms with Gasteiger partial charge in [-0.05, 0) is 36.5 Å². The lowest BCUT2D eigenvalue weighted by Gasteiger charge is -2.31. The Morgan fingerprint density at radius 3 is 2.36 bits per heavy atom. The highest BCUT2D eigenvalue weighted by atomic mass is 32.2. The predicted molar refractivity (Wildman–Crippen MR) is 86.3 cm³/mol. The van der Waals surface area contributed by atoms with E-state index in [9.17, 15) is 18.1 Å². The third-order valence-corrected chi connectivity index (χ3v) is 5.36. The number of hydrogen-bond acceptors (Lipinski definition) is 4. The van der Waals surface area contributed by atoms with Gasteiger partial charge in [-0.25, -0.2) is 3.89 Å². The lowest BCUT2D eigenvalue weighted by atomic mass is 10.0. The van der Waals surface area contributed by atoms with Crippen molar-refractivity contribution in [3.63, 3.8) is 0 Å². The quantitative estimate of drug-likeness (QED) is 0.429. The second-order valence-electron chi connectivity index (χ2n) is 6.25. The summed E-state index contributed by atoms with van der Waals surface area (Å²) in [5.41, 5.74) is 1.91. The number of unbranched alkanes of at least 4 members (excludes halogenated alkanes) is 2. The van der Waals surface area contributed by atoms with Gasteiger partial charge in [-0.1, -0.05) is 31.9 Å². The molecule has 1 N–H and O–H groups in total. The standard InChI is InChI=1S/C16H27NO4S/c1-4-5-6-9-15-11-10-14(13-16(15)18)8-7-12-17(2,3)22(19,20)21/h10-11,13H,4-9,12H2,1-3H3,(H-,18,19,20,21). The Bertz CT molecular complexity index is 582. The summed E-state index contributed by atoms with van der Waals surface area (Å²) < 4.78 is 32.7. The first-order valence-electron chi connectivity index (χ1n) is 7.77. The summed E-state index contributed by atoms with van der Waals surface area (Å²) >= 11 is 0. The normalized spacial score (nSPS) is 12.5. The van der Waals surface area contributed by atoms with Gasteiger partial charge in [-0.15, -0.1) is 0 Å². The average Bonchev–Trinajstić information content (AvgIpc) is 2.40. The molecule has 0 spiro atoms.